The quantitative estimate of drug-likeness (QED) is 0.667. The Morgan fingerprint density at radius 1 is 1.30 bits per heavy atom. The number of carbonyl (C=O) groups is 2. The number of hydrogen-bond acceptors (Lipinski definition) is 3. The normalized spacial score (nSPS) is 19.1. The van der Waals surface area contributed by atoms with Crippen LogP contribution in [0.3, 0.4) is 0 Å². The Bertz CT molecular complexity index is 327. The smallest absolute Gasteiger partial charge is 0.315 e. The van der Waals surface area contributed by atoms with Gasteiger partial charge in [0.1, 0.15) is 0 Å². The highest BCUT2D eigenvalue weighted by molar-refractivity contribution is 5.77. The second-order valence-corrected chi connectivity index (χ2v) is 5.57. The standard InChI is InChI=1S/C14H26N2O4/c1-3-20-10-11(2)15-13(19)16-14(9-12(17)18)7-5-4-6-8-14/h11H,3-10H2,1-2H3,(H,17,18)(H2,15,16,19). The van der Waals surface area contributed by atoms with Crippen LogP contribution in [0.5, 0.6) is 0 Å². The zero-order chi connectivity index (χ0) is 15.0. The second-order valence-electron chi connectivity index (χ2n) is 5.57. The lowest BCUT2D eigenvalue weighted by Crippen LogP contribution is -2.55. The fourth-order valence-corrected chi connectivity index (χ4v) is 2.70. The van der Waals surface area contributed by atoms with E-state index in [1.165, 1.54) is 0 Å². The van der Waals surface area contributed by atoms with E-state index in [0.29, 0.717) is 13.2 Å². The molecule has 1 aliphatic rings. The number of nitrogens with one attached hydrogen (secondary N) is 2. The highest BCUT2D eigenvalue weighted by Gasteiger charge is 2.35. The predicted molar refractivity (Wildman–Crippen MR) is 75.7 cm³/mol. The van der Waals surface area contributed by atoms with Crippen LogP contribution in [0.1, 0.15) is 52.4 Å². The third-order valence-electron chi connectivity index (χ3n) is 3.63. The van der Waals surface area contributed by atoms with Crippen molar-refractivity contribution in [3.8, 4) is 0 Å². The van der Waals surface area contributed by atoms with Gasteiger partial charge in [0.15, 0.2) is 0 Å². The molecule has 20 heavy (non-hydrogen) atoms. The third-order valence-corrected chi connectivity index (χ3v) is 3.63. The topological polar surface area (TPSA) is 87.7 Å². The SMILES string of the molecule is CCOCC(C)NC(=O)NC1(CC(=O)O)CCCCC1. The van der Waals surface area contributed by atoms with E-state index in [9.17, 15) is 9.59 Å². The van der Waals surface area contributed by atoms with Gasteiger partial charge < -0.3 is 20.5 Å². The Morgan fingerprint density at radius 3 is 2.50 bits per heavy atom. The van der Waals surface area contributed by atoms with Gasteiger partial charge in [-0.3, -0.25) is 4.79 Å². The molecule has 1 atom stereocenters. The first-order chi connectivity index (χ1) is 9.47. The van der Waals surface area contributed by atoms with E-state index in [1.807, 2.05) is 13.8 Å². The summed E-state index contributed by atoms with van der Waals surface area (Å²) in [5.41, 5.74) is -0.598. The fourth-order valence-electron chi connectivity index (χ4n) is 2.70. The van der Waals surface area contributed by atoms with Gasteiger partial charge in [0.25, 0.3) is 0 Å². The summed E-state index contributed by atoms with van der Waals surface area (Å²) in [6, 6.07) is -0.402. The molecule has 0 aromatic rings. The first kappa shape index (κ1) is 16.8. The van der Waals surface area contributed by atoms with Crippen molar-refractivity contribution in [2.24, 2.45) is 0 Å². The lowest BCUT2D eigenvalue weighted by molar-refractivity contribution is -0.139. The molecular formula is C14H26N2O4. The summed E-state index contributed by atoms with van der Waals surface area (Å²) in [5.74, 6) is -0.866. The van der Waals surface area contributed by atoms with Gasteiger partial charge in [0.05, 0.1) is 24.6 Å². The molecule has 1 fully saturated rings. The van der Waals surface area contributed by atoms with E-state index in [4.69, 9.17) is 9.84 Å². The van der Waals surface area contributed by atoms with Crippen LogP contribution in [0, 0.1) is 0 Å². The number of carboxylic acid groups (broad SMARTS) is 1. The maximum atomic E-state index is 12.0. The molecule has 0 bridgehead atoms. The Balaban J connectivity index is 2.51. The molecule has 0 saturated heterocycles. The number of amides is 2. The van der Waals surface area contributed by atoms with Crippen LogP contribution in [-0.4, -0.2) is 41.9 Å². The Morgan fingerprint density at radius 2 is 1.95 bits per heavy atom. The molecule has 116 valence electrons. The van der Waals surface area contributed by atoms with Crippen LogP contribution in [0.4, 0.5) is 4.79 Å². The van der Waals surface area contributed by atoms with Crippen molar-refractivity contribution in [2.75, 3.05) is 13.2 Å². The minimum absolute atomic E-state index is 0.0136. The van der Waals surface area contributed by atoms with Crippen molar-refractivity contribution < 1.29 is 19.4 Å². The van der Waals surface area contributed by atoms with E-state index < -0.39 is 11.5 Å². The van der Waals surface area contributed by atoms with E-state index in [1.54, 1.807) is 0 Å². The number of aliphatic carboxylic acids is 1. The summed E-state index contributed by atoms with van der Waals surface area (Å²) in [5, 5.41) is 14.7. The fraction of sp³-hybridized carbons (Fsp3) is 0.857. The van der Waals surface area contributed by atoms with Crippen molar-refractivity contribution in [2.45, 2.75) is 64.0 Å². The molecule has 3 N–H and O–H groups in total. The summed E-state index contributed by atoms with van der Waals surface area (Å²) in [6.45, 7) is 4.82. The summed E-state index contributed by atoms with van der Waals surface area (Å²) in [7, 11) is 0. The molecule has 0 aliphatic heterocycles. The number of hydrogen-bond donors (Lipinski definition) is 3. The second kappa shape index (κ2) is 8.09. The Labute approximate surface area is 120 Å². The largest absolute Gasteiger partial charge is 0.481 e. The van der Waals surface area contributed by atoms with Crippen LogP contribution in [-0.2, 0) is 9.53 Å². The Kier molecular flexibility index (Phi) is 6.78. The third kappa shape index (κ3) is 5.77. The van der Waals surface area contributed by atoms with Gasteiger partial charge in [0.2, 0.25) is 0 Å². The average Bonchev–Trinajstić information content (AvgIpc) is 2.35. The minimum atomic E-state index is -0.866. The first-order valence-electron chi connectivity index (χ1n) is 7.35. The molecule has 1 rings (SSSR count). The van der Waals surface area contributed by atoms with Gasteiger partial charge in [-0.2, -0.15) is 0 Å². The molecule has 0 spiro atoms. The number of carboxylic acids is 1. The van der Waals surface area contributed by atoms with Gasteiger partial charge in [0, 0.05) is 6.61 Å². The van der Waals surface area contributed by atoms with Gasteiger partial charge in [-0.05, 0) is 26.7 Å². The first-order valence-corrected chi connectivity index (χ1v) is 7.35. The predicted octanol–water partition coefficient (Wildman–Crippen LogP) is 1.89. The highest BCUT2D eigenvalue weighted by atomic mass is 16.5. The summed E-state index contributed by atoms with van der Waals surface area (Å²) in [6.07, 6.45) is 4.47. The number of rotatable bonds is 7. The molecule has 6 nitrogen and oxygen atoms in total. The molecule has 0 radical (unpaired) electrons. The molecular weight excluding hydrogens is 260 g/mol. The van der Waals surface area contributed by atoms with Gasteiger partial charge >= 0.3 is 12.0 Å². The molecule has 1 saturated carbocycles. The van der Waals surface area contributed by atoms with Crippen molar-refractivity contribution in [3.05, 3.63) is 0 Å². The maximum Gasteiger partial charge on any atom is 0.315 e. The van der Waals surface area contributed by atoms with Crippen LogP contribution < -0.4 is 10.6 Å². The molecule has 0 aromatic heterocycles. The van der Waals surface area contributed by atoms with Crippen LogP contribution in [0.2, 0.25) is 0 Å². The zero-order valence-corrected chi connectivity index (χ0v) is 12.4. The Hall–Kier alpha value is -1.30. The van der Waals surface area contributed by atoms with Crippen LogP contribution in [0.15, 0.2) is 0 Å². The monoisotopic (exact) mass is 286 g/mol. The van der Waals surface area contributed by atoms with E-state index in [-0.39, 0.29) is 18.5 Å². The molecule has 2 amide bonds. The minimum Gasteiger partial charge on any atom is -0.481 e. The van der Waals surface area contributed by atoms with Crippen LogP contribution in [0.25, 0.3) is 0 Å². The van der Waals surface area contributed by atoms with Gasteiger partial charge in [-0.1, -0.05) is 19.3 Å². The summed E-state index contributed by atoms with van der Waals surface area (Å²) >= 11 is 0. The summed E-state index contributed by atoms with van der Waals surface area (Å²) in [4.78, 5) is 23.0. The van der Waals surface area contributed by atoms with Crippen molar-refractivity contribution in [1.82, 2.24) is 10.6 Å². The van der Waals surface area contributed by atoms with Crippen molar-refractivity contribution >= 4 is 12.0 Å². The lowest BCUT2D eigenvalue weighted by atomic mass is 9.79. The van der Waals surface area contributed by atoms with Crippen LogP contribution >= 0.6 is 0 Å². The van der Waals surface area contributed by atoms with E-state index >= 15 is 0 Å². The summed E-state index contributed by atoms with van der Waals surface area (Å²) < 4.78 is 5.24. The van der Waals surface area contributed by atoms with Crippen molar-refractivity contribution in [1.29, 1.82) is 0 Å². The van der Waals surface area contributed by atoms with E-state index in [0.717, 1.165) is 32.1 Å². The van der Waals surface area contributed by atoms with E-state index in [2.05, 4.69) is 10.6 Å². The number of carbonyl (C=O) groups excluding carboxylic acids is 1. The molecule has 0 aromatic carbocycles. The number of ether oxygens (including phenoxy) is 1. The van der Waals surface area contributed by atoms with Gasteiger partial charge in [-0.25, -0.2) is 4.79 Å². The molecule has 6 heteroatoms. The van der Waals surface area contributed by atoms with Gasteiger partial charge in [-0.15, -0.1) is 0 Å². The lowest BCUT2D eigenvalue weighted by Gasteiger charge is -2.37. The molecule has 0 heterocycles. The average molecular weight is 286 g/mol. The molecule has 1 aliphatic carbocycles. The zero-order valence-electron chi connectivity index (χ0n) is 12.4. The molecule has 1 unspecified atom stereocenters. The van der Waals surface area contributed by atoms with Crippen molar-refractivity contribution in [3.63, 3.8) is 0 Å². The maximum absolute atomic E-state index is 12.0. The number of urea groups is 1. The highest BCUT2D eigenvalue weighted by Crippen LogP contribution is 2.31.